The first-order chi connectivity index (χ1) is 5.31. The topological polar surface area (TPSA) is 61.8 Å². The Hall–Kier alpha value is -1.26. The van der Waals surface area contributed by atoms with Gasteiger partial charge in [-0.2, -0.15) is 0 Å². The number of hydrogen-bond acceptors (Lipinski definition) is 5. The third kappa shape index (κ3) is 6.63. The van der Waals surface area contributed by atoms with Gasteiger partial charge >= 0.3 is 12.6 Å². The summed E-state index contributed by atoms with van der Waals surface area (Å²) in [4.78, 5) is 19.8. The summed E-state index contributed by atoms with van der Waals surface area (Å²) in [5.41, 5.74) is 0. The fourth-order valence-electron chi connectivity index (χ4n) is 0.329. The van der Waals surface area contributed by atoms with Crippen molar-refractivity contribution < 1.29 is 23.8 Å². The van der Waals surface area contributed by atoms with Gasteiger partial charge in [0.2, 0.25) is 6.79 Å². The summed E-state index contributed by atoms with van der Waals surface area (Å²) in [6.07, 6.45) is -0.127. The maximum Gasteiger partial charge on any atom is 0.511 e. The predicted molar refractivity (Wildman–Crippen MR) is 34.4 cm³/mol. The van der Waals surface area contributed by atoms with E-state index >= 15 is 0 Å². The zero-order valence-corrected chi connectivity index (χ0v) is 6.16. The Morgan fingerprint density at radius 3 is 2.73 bits per heavy atom. The fraction of sp³-hybridized carbons (Fsp3) is 0.667. The second kappa shape index (κ2) is 6.85. The molecular formula is C6H9O5. The molecule has 0 aliphatic rings. The van der Waals surface area contributed by atoms with Gasteiger partial charge in [-0.15, -0.1) is 0 Å². The van der Waals surface area contributed by atoms with Crippen LogP contribution >= 0.6 is 0 Å². The van der Waals surface area contributed by atoms with Crippen LogP contribution in [0.25, 0.3) is 0 Å². The lowest BCUT2D eigenvalue weighted by molar-refractivity contribution is -0.000831. The highest BCUT2D eigenvalue weighted by Gasteiger charge is 2.00. The van der Waals surface area contributed by atoms with E-state index in [4.69, 9.17) is 0 Å². The van der Waals surface area contributed by atoms with Crippen molar-refractivity contribution in [2.24, 2.45) is 0 Å². The van der Waals surface area contributed by atoms with Crippen LogP contribution in [0, 0.1) is 0 Å². The number of hydrogen-bond donors (Lipinski definition) is 0. The number of rotatable bonds is 5. The molecule has 0 rings (SSSR count). The van der Waals surface area contributed by atoms with Gasteiger partial charge in [-0.3, -0.25) is 0 Å². The van der Waals surface area contributed by atoms with Crippen LogP contribution in [0.15, 0.2) is 0 Å². The molecule has 1 radical (unpaired) electrons. The molecule has 5 heteroatoms. The fourth-order valence-corrected chi connectivity index (χ4v) is 0.329. The average Bonchev–Trinajstić information content (AvgIpc) is 2.01. The van der Waals surface area contributed by atoms with Crippen LogP contribution in [0.5, 0.6) is 0 Å². The first-order valence-corrected chi connectivity index (χ1v) is 3.09. The maximum atomic E-state index is 10.4. The van der Waals surface area contributed by atoms with E-state index in [1.54, 1.807) is 0 Å². The predicted octanol–water partition coefficient (Wildman–Crippen LogP) is 0.591. The highest BCUT2D eigenvalue weighted by atomic mass is 16.8. The first kappa shape index (κ1) is 9.74. The minimum Gasteiger partial charge on any atom is -0.434 e. The lowest BCUT2D eigenvalue weighted by Crippen LogP contribution is -2.10. The summed E-state index contributed by atoms with van der Waals surface area (Å²) < 4.78 is 12.7. The van der Waals surface area contributed by atoms with E-state index < -0.39 is 12.9 Å². The van der Waals surface area contributed by atoms with Crippen LogP contribution in [0.1, 0.15) is 13.3 Å². The highest BCUT2D eigenvalue weighted by molar-refractivity contribution is 5.59. The van der Waals surface area contributed by atoms with Crippen molar-refractivity contribution in [1.82, 2.24) is 0 Å². The van der Waals surface area contributed by atoms with E-state index in [0.29, 0.717) is 6.61 Å². The quantitative estimate of drug-likeness (QED) is 0.335. The van der Waals surface area contributed by atoms with Crippen LogP contribution in [-0.2, 0) is 19.0 Å². The monoisotopic (exact) mass is 161 g/mol. The van der Waals surface area contributed by atoms with Crippen LogP contribution < -0.4 is 0 Å². The van der Waals surface area contributed by atoms with E-state index in [1.165, 1.54) is 0 Å². The third-order valence-electron chi connectivity index (χ3n) is 0.719. The summed E-state index contributed by atoms with van der Waals surface area (Å²) in [7, 11) is 0. The second-order valence-electron chi connectivity index (χ2n) is 1.59. The molecule has 0 aromatic heterocycles. The van der Waals surface area contributed by atoms with E-state index in [-0.39, 0.29) is 0 Å². The lowest BCUT2D eigenvalue weighted by atomic mass is 10.5. The Morgan fingerprint density at radius 1 is 1.45 bits per heavy atom. The Morgan fingerprint density at radius 2 is 2.18 bits per heavy atom. The molecule has 0 N–H and O–H groups in total. The summed E-state index contributed by atoms with van der Waals surface area (Å²) in [6, 6.07) is 0. The molecule has 5 nitrogen and oxygen atoms in total. The largest absolute Gasteiger partial charge is 0.511 e. The summed E-state index contributed by atoms with van der Waals surface area (Å²) in [5, 5.41) is 0. The summed E-state index contributed by atoms with van der Waals surface area (Å²) in [5.74, 6) is 0. The van der Waals surface area contributed by atoms with E-state index in [9.17, 15) is 9.59 Å². The van der Waals surface area contributed by atoms with E-state index in [0.717, 1.165) is 12.9 Å². The Labute approximate surface area is 64.2 Å². The van der Waals surface area contributed by atoms with Gasteiger partial charge < -0.3 is 14.2 Å². The second-order valence-corrected chi connectivity index (χ2v) is 1.59. The molecule has 0 aliphatic heterocycles. The van der Waals surface area contributed by atoms with Gasteiger partial charge in [-0.1, -0.05) is 6.92 Å². The minimum atomic E-state index is -0.845. The van der Waals surface area contributed by atoms with Gasteiger partial charge in [0.15, 0.2) is 0 Å². The van der Waals surface area contributed by atoms with E-state index in [1.807, 2.05) is 6.92 Å². The van der Waals surface area contributed by atoms with Crippen molar-refractivity contribution in [2.75, 3.05) is 13.4 Å². The van der Waals surface area contributed by atoms with Crippen molar-refractivity contribution in [1.29, 1.82) is 0 Å². The third-order valence-corrected chi connectivity index (χ3v) is 0.719. The molecule has 0 amide bonds. The molecule has 0 fully saturated rings. The van der Waals surface area contributed by atoms with Crippen LogP contribution in [0.2, 0.25) is 0 Å². The molecule has 0 unspecified atom stereocenters. The van der Waals surface area contributed by atoms with Gasteiger partial charge in [0.1, 0.15) is 0 Å². The molecule has 63 valence electrons. The molecule has 0 saturated heterocycles. The molecule has 0 atom stereocenters. The van der Waals surface area contributed by atoms with Crippen molar-refractivity contribution in [3.8, 4) is 0 Å². The van der Waals surface area contributed by atoms with E-state index in [2.05, 4.69) is 14.2 Å². The normalized spacial score (nSPS) is 8.45. The first-order valence-electron chi connectivity index (χ1n) is 3.09. The van der Waals surface area contributed by atoms with Crippen LogP contribution in [0.4, 0.5) is 4.79 Å². The zero-order chi connectivity index (χ0) is 8.53. The minimum absolute atomic E-state index is 0.295. The van der Waals surface area contributed by atoms with Gasteiger partial charge in [0.05, 0.1) is 6.61 Å². The maximum absolute atomic E-state index is 10.4. The average molecular weight is 161 g/mol. The highest BCUT2D eigenvalue weighted by Crippen LogP contribution is 1.86. The standard InChI is InChI=1S/C6H9O5/c1-2-3-10-6(8)11-5-9-4-7/h2-3,5H2,1H3. The molecule has 0 saturated carbocycles. The lowest BCUT2D eigenvalue weighted by Gasteiger charge is -2.01. The van der Waals surface area contributed by atoms with Gasteiger partial charge in [-0.25, -0.2) is 9.59 Å². The van der Waals surface area contributed by atoms with Gasteiger partial charge in [0, 0.05) is 0 Å². The van der Waals surface area contributed by atoms with Crippen LogP contribution in [0.3, 0.4) is 0 Å². The van der Waals surface area contributed by atoms with Gasteiger partial charge in [-0.05, 0) is 6.42 Å². The van der Waals surface area contributed by atoms with Crippen molar-refractivity contribution >= 4 is 12.6 Å². The molecule has 0 spiro atoms. The van der Waals surface area contributed by atoms with Gasteiger partial charge in [0.25, 0.3) is 0 Å². The SMILES string of the molecule is CCCOC(=O)OCO[C]=O. The Bertz CT molecular complexity index is 122. The zero-order valence-electron chi connectivity index (χ0n) is 6.16. The molecule has 0 aliphatic carbocycles. The number of carbonyl (C=O) groups is 1. The Balaban J connectivity index is 3.15. The smallest absolute Gasteiger partial charge is 0.434 e. The van der Waals surface area contributed by atoms with Crippen molar-refractivity contribution in [2.45, 2.75) is 13.3 Å². The molecule has 0 bridgehead atoms. The number of carbonyl (C=O) groups excluding carboxylic acids is 2. The molecular weight excluding hydrogens is 152 g/mol. The van der Waals surface area contributed by atoms with Crippen molar-refractivity contribution in [3.05, 3.63) is 0 Å². The number of ether oxygens (including phenoxy) is 3. The Kier molecular flexibility index (Phi) is 6.07. The summed E-state index contributed by atoms with van der Waals surface area (Å²) >= 11 is 0. The van der Waals surface area contributed by atoms with Crippen LogP contribution in [-0.4, -0.2) is 26.0 Å². The molecule has 0 aromatic rings. The molecule has 0 heterocycles. The molecule has 0 aromatic carbocycles. The molecule has 11 heavy (non-hydrogen) atoms. The summed E-state index contributed by atoms with van der Waals surface area (Å²) in [6.45, 7) is 2.79. The van der Waals surface area contributed by atoms with Crippen molar-refractivity contribution in [3.63, 3.8) is 0 Å².